The zero-order valence-corrected chi connectivity index (χ0v) is 10.9. The van der Waals surface area contributed by atoms with Crippen LogP contribution in [-0.2, 0) is 9.59 Å². The van der Waals surface area contributed by atoms with Gasteiger partial charge >= 0.3 is 11.9 Å². The van der Waals surface area contributed by atoms with E-state index in [0.29, 0.717) is 0 Å². The molecule has 0 atom stereocenters. The first-order valence-electron chi connectivity index (χ1n) is 5.00. The van der Waals surface area contributed by atoms with Crippen molar-refractivity contribution >= 4 is 45.7 Å². The summed E-state index contributed by atoms with van der Waals surface area (Å²) in [4.78, 5) is 22.4. The number of carboxylic acid groups (broad SMARTS) is 2. The summed E-state index contributed by atoms with van der Waals surface area (Å²) in [6, 6.07) is 8.11. The zero-order valence-electron chi connectivity index (χ0n) is 9.25. The Morgan fingerprint density at radius 3 is 2.22 bits per heavy atom. The Morgan fingerprint density at radius 2 is 1.72 bits per heavy atom. The molecule has 1 aromatic carbocycles. The van der Waals surface area contributed by atoms with E-state index >= 15 is 0 Å². The molecule has 0 unspecified atom stereocenters. The maximum absolute atomic E-state index is 9.64. The highest BCUT2D eigenvalue weighted by atomic mass is 32.1. The monoisotopic (exact) mass is 285 g/mol. The highest BCUT2D eigenvalue weighted by Crippen LogP contribution is 2.17. The van der Waals surface area contributed by atoms with Crippen molar-refractivity contribution in [2.75, 3.05) is 0 Å². The average Bonchev–Trinajstić information content (AvgIpc) is 2.67. The molecule has 5 nitrogen and oxygen atoms in total. The van der Waals surface area contributed by atoms with Gasteiger partial charge in [0.1, 0.15) is 0 Å². The molecule has 2 rings (SSSR count). The molecule has 0 amide bonds. The largest absolute Gasteiger partial charge is 0.481 e. The predicted octanol–water partition coefficient (Wildman–Crippen LogP) is 2.89. The molecule has 2 aromatic rings. The van der Waals surface area contributed by atoms with Crippen LogP contribution in [-0.4, -0.2) is 27.1 Å². The van der Waals surface area contributed by atoms with Crippen molar-refractivity contribution in [2.45, 2.75) is 12.8 Å². The van der Waals surface area contributed by atoms with Crippen LogP contribution in [0.5, 0.6) is 0 Å². The van der Waals surface area contributed by atoms with E-state index in [9.17, 15) is 9.59 Å². The van der Waals surface area contributed by atoms with E-state index in [1.807, 2.05) is 18.2 Å². The molecule has 0 aliphatic rings. The van der Waals surface area contributed by atoms with Gasteiger partial charge < -0.3 is 15.2 Å². The second kappa shape index (κ2) is 6.87. The fraction of sp³-hybridized carbons (Fsp3) is 0.182. The molecule has 0 saturated carbocycles. The maximum atomic E-state index is 9.64. The Bertz CT molecular complexity index is 552. The lowest BCUT2D eigenvalue weighted by atomic mass is 10.3. The first-order chi connectivity index (χ1) is 8.49. The lowest BCUT2D eigenvalue weighted by Gasteiger charge is -1.85. The van der Waals surface area contributed by atoms with Gasteiger partial charge in [-0.25, -0.2) is 0 Å². The molecule has 3 N–H and O–H groups in total. The minimum Gasteiger partial charge on any atom is -0.481 e. The molecule has 1 aromatic heterocycles. The van der Waals surface area contributed by atoms with E-state index in [2.05, 4.69) is 11.1 Å². The number of hydrogen-bond donors (Lipinski definition) is 3. The van der Waals surface area contributed by atoms with Crippen LogP contribution in [0.1, 0.15) is 12.8 Å². The number of rotatable bonds is 3. The van der Waals surface area contributed by atoms with Crippen molar-refractivity contribution in [3.8, 4) is 0 Å². The highest BCUT2D eigenvalue weighted by molar-refractivity contribution is 7.73. The first kappa shape index (κ1) is 14.3. The van der Waals surface area contributed by atoms with Crippen molar-refractivity contribution in [3.05, 3.63) is 28.2 Å². The Hall–Kier alpha value is -1.73. The number of nitrogens with one attached hydrogen (secondary N) is 1. The number of para-hydroxylation sites is 1. The molecule has 0 aliphatic carbocycles. The molecular weight excluding hydrogens is 274 g/mol. The summed E-state index contributed by atoms with van der Waals surface area (Å²) in [6.45, 7) is 0. The average molecular weight is 285 g/mol. The van der Waals surface area contributed by atoms with Crippen molar-refractivity contribution < 1.29 is 19.8 Å². The summed E-state index contributed by atoms with van der Waals surface area (Å²) in [5, 5.41) is 15.8. The van der Waals surface area contributed by atoms with Crippen LogP contribution in [0.25, 0.3) is 10.2 Å². The van der Waals surface area contributed by atoms with E-state index in [1.54, 1.807) is 11.3 Å². The number of hydrogen-bond acceptors (Lipinski definition) is 4. The van der Waals surface area contributed by atoms with Crippen LogP contribution < -0.4 is 0 Å². The van der Waals surface area contributed by atoms with Crippen LogP contribution in [0.4, 0.5) is 0 Å². The molecule has 0 fully saturated rings. The first-order valence-corrected chi connectivity index (χ1v) is 6.23. The van der Waals surface area contributed by atoms with Crippen LogP contribution in [0.2, 0.25) is 0 Å². The molecule has 0 spiro atoms. The number of thiazole rings is 1. The Kier molecular flexibility index (Phi) is 5.47. The molecule has 0 saturated heterocycles. The summed E-state index contributed by atoms with van der Waals surface area (Å²) < 4.78 is 2.08. The summed E-state index contributed by atoms with van der Waals surface area (Å²) in [7, 11) is 0. The Balaban J connectivity index is 0.000000187. The quantitative estimate of drug-likeness (QED) is 0.754. The Labute approximate surface area is 112 Å². The third-order valence-corrected chi connectivity index (χ3v) is 3.09. The number of aromatic nitrogens is 1. The molecule has 1 heterocycles. The van der Waals surface area contributed by atoms with Gasteiger partial charge in [0.25, 0.3) is 0 Å². The second-order valence-corrected chi connectivity index (χ2v) is 5.02. The van der Waals surface area contributed by atoms with Crippen LogP contribution in [0.15, 0.2) is 24.3 Å². The normalized spacial score (nSPS) is 9.56. The van der Waals surface area contributed by atoms with Gasteiger partial charge in [0.15, 0.2) is 3.95 Å². The number of H-pyrrole nitrogens is 1. The lowest BCUT2D eigenvalue weighted by Crippen LogP contribution is -2.00. The molecule has 96 valence electrons. The molecular formula is C11H11NO4S2. The summed E-state index contributed by atoms with van der Waals surface area (Å²) >= 11 is 6.59. The predicted molar refractivity (Wildman–Crippen MR) is 71.5 cm³/mol. The fourth-order valence-corrected chi connectivity index (χ4v) is 2.22. The lowest BCUT2D eigenvalue weighted by molar-refractivity contribution is -0.143. The molecule has 0 aliphatic heterocycles. The number of aliphatic carboxylic acids is 2. The van der Waals surface area contributed by atoms with Crippen molar-refractivity contribution in [2.24, 2.45) is 0 Å². The van der Waals surface area contributed by atoms with Crippen LogP contribution in [0.3, 0.4) is 0 Å². The molecule has 7 heteroatoms. The van der Waals surface area contributed by atoms with Gasteiger partial charge in [0.2, 0.25) is 0 Å². The van der Waals surface area contributed by atoms with Gasteiger partial charge in [-0.3, -0.25) is 9.59 Å². The minimum absolute atomic E-state index is 0.296. The van der Waals surface area contributed by atoms with Crippen LogP contribution in [0, 0.1) is 3.95 Å². The second-order valence-electron chi connectivity index (χ2n) is 3.30. The third-order valence-electron chi connectivity index (χ3n) is 1.88. The molecule has 0 bridgehead atoms. The Morgan fingerprint density at radius 1 is 1.17 bits per heavy atom. The number of benzene rings is 1. The van der Waals surface area contributed by atoms with Crippen molar-refractivity contribution in [3.63, 3.8) is 0 Å². The number of aromatic amines is 1. The SMILES string of the molecule is O=C(O)CCC(=O)O.S=c1[nH]c2ccccc2s1. The number of carbonyl (C=O) groups is 2. The standard InChI is InChI=1S/C7H5NS2.C4H6O4/c9-7-8-5-3-1-2-4-6(5)10-7;5-3(6)1-2-4(7)8/h1-4H,(H,8,9);1-2H2,(H,5,6)(H,7,8). The smallest absolute Gasteiger partial charge is 0.303 e. The van der Waals surface area contributed by atoms with E-state index in [0.717, 1.165) is 9.47 Å². The number of fused-ring (bicyclic) bond motifs is 1. The molecule has 0 radical (unpaired) electrons. The van der Waals surface area contributed by atoms with Crippen molar-refractivity contribution in [1.82, 2.24) is 4.98 Å². The summed E-state index contributed by atoms with van der Waals surface area (Å²) in [5.74, 6) is -2.15. The van der Waals surface area contributed by atoms with Crippen molar-refractivity contribution in [1.29, 1.82) is 0 Å². The topological polar surface area (TPSA) is 90.4 Å². The van der Waals surface area contributed by atoms with Gasteiger partial charge in [-0.1, -0.05) is 12.1 Å². The summed E-state index contributed by atoms with van der Waals surface area (Å²) in [5.41, 5.74) is 1.14. The van der Waals surface area contributed by atoms with Gasteiger partial charge in [-0.2, -0.15) is 0 Å². The minimum atomic E-state index is -1.08. The van der Waals surface area contributed by atoms with E-state index < -0.39 is 11.9 Å². The van der Waals surface area contributed by atoms with E-state index in [1.165, 1.54) is 4.70 Å². The van der Waals surface area contributed by atoms with Gasteiger partial charge in [0, 0.05) is 0 Å². The van der Waals surface area contributed by atoms with E-state index in [4.69, 9.17) is 22.4 Å². The van der Waals surface area contributed by atoms with E-state index in [-0.39, 0.29) is 12.8 Å². The van der Waals surface area contributed by atoms with Gasteiger partial charge in [-0.05, 0) is 24.4 Å². The summed E-state index contributed by atoms with van der Waals surface area (Å²) in [6.07, 6.45) is -0.593. The third kappa shape index (κ3) is 5.07. The molecule has 18 heavy (non-hydrogen) atoms. The van der Waals surface area contributed by atoms with Gasteiger partial charge in [-0.15, -0.1) is 11.3 Å². The highest BCUT2D eigenvalue weighted by Gasteiger charge is 2.00. The zero-order chi connectivity index (χ0) is 13.5. The van der Waals surface area contributed by atoms with Gasteiger partial charge in [0.05, 0.1) is 23.1 Å². The number of carboxylic acids is 2. The van der Waals surface area contributed by atoms with Crippen LogP contribution >= 0.6 is 23.6 Å². The fourth-order valence-electron chi connectivity index (χ4n) is 1.11. The maximum Gasteiger partial charge on any atom is 0.303 e.